The van der Waals surface area contributed by atoms with Crippen LogP contribution in [0.15, 0.2) is 18.2 Å². The molecular formula is C20H28N2O6. The molecule has 1 atom stereocenters. The van der Waals surface area contributed by atoms with Crippen LogP contribution in [0.1, 0.15) is 39.2 Å². The molecule has 0 spiro atoms. The van der Waals surface area contributed by atoms with Crippen LogP contribution < -0.4 is 14.8 Å². The number of carbonyl (C=O) groups is 3. The molecule has 1 aliphatic rings. The van der Waals surface area contributed by atoms with E-state index in [1.807, 2.05) is 0 Å². The zero-order valence-corrected chi connectivity index (χ0v) is 17.0. The fourth-order valence-electron chi connectivity index (χ4n) is 2.92. The molecule has 0 aromatic heterocycles. The fourth-order valence-corrected chi connectivity index (χ4v) is 2.92. The van der Waals surface area contributed by atoms with Gasteiger partial charge in [0.25, 0.3) is 0 Å². The van der Waals surface area contributed by atoms with Crippen molar-refractivity contribution in [3.05, 3.63) is 23.8 Å². The first kappa shape index (κ1) is 21.5. The molecule has 28 heavy (non-hydrogen) atoms. The predicted molar refractivity (Wildman–Crippen MR) is 102 cm³/mol. The van der Waals surface area contributed by atoms with Crippen molar-refractivity contribution in [1.82, 2.24) is 10.2 Å². The third kappa shape index (κ3) is 5.87. The largest absolute Gasteiger partial charge is 0.497 e. The van der Waals surface area contributed by atoms with E-state index in [2.05, 4.69) is 5.32 Å². The highest BCUT2D eigenvalue weighted by Crippen LogP contribution is 2.26. The van der Waals surface area contributed by atoms with Gasteiger partial charge in [0.15, 0.2) is 5.78 Å². The lowest BCUT2D eigenvalue weighted by molar-refractivity contribution is -0.135. The van der Waals surface area contributed by atoms with E-state index >= 15 is 0 Å². The van der Waals surface area contributed by atoms with Gasteiger partial charge in [0.1, 0.15) is 23.1 Å². The van der Waals surface area contributed by atoms with Gasteiger partial charge in [-0.2, -0.15) is 0 Å². The summed E-state index contributed by atoms with van der Waals surface area (Å²) in [4.78, 5) is 38.6. The van der Waals surface area contributed by atoms with Gasteiger partial charge >= 0.3 is 6.09 Å². The van der Waals surface area contributed by atoms with Crippen LogP contribution in [0.25, 0.3) is 0 Å². The van der Waals surface area contributed by atoms with E-state index in [1.54, 1.807) is 46.1 Å². The first-order valence-electron chi connectivity index (χ1n) is 9.14. The lowest BCUT2D eigenvalue weighted by atomic mass is 10.1. The van der Waals surface area contributed by atoms with Crippen LogP contribution in [-0.2, 0) is 20.9 Å². The molecule has 1 fully saturated rings. The zero-order valence-electron chi connectivity index (χ0n) is 17.0. The molecule has 8 heteroatoms. The number of alkyl carbamates (subject to hydrolysis) is 1. The van der Waals surface area contributed by atoms with Gasteiger partial charge in [-0.25, -0.2) is 4.79 Å². The van der Waals surface area contributed by atoms with Gasteiger partial charge in [-0.1, -0.05) is 0 Å². The summed E-state index contributed by atoms with van der Waals surface area (Å²) in [6.45, 7) is 5.40. The van der Waals surface area contributed by atoms with E-state index in [9.17, 15) is 14.4 Å². The number of nitrogens with one attached hydrogen (secondary N) is 1. The molecule has 8 nitrogen and oxygen atoms in total. The van der Waals surface area contributed by atoms with Crippen molar-refractivity contribution in [2.75, 3.05) is 20.8 Å². The maximum Gasteiger partial charge on any atom is 0.408 e. The van der Waals surface area contributed by atoms with E-state index in [4.69, 9.17) is 14.2 Å². The number of likely N-dealkylation sites (tertiary alicyclic amines) is 1. The molecule has 1 unspecified atom stereocenters. The Morgan fingerprint density at radius 1 is 1.21 bits per heavy atom. The van der Waals surface area contributed by atoms with Crippen LogP contribution in [0.4, 0.5) is 4.79 Å². The summed E-state index contributed by atoms with van der Waals surface area (Å²) in [5.41, 5.74) is 0.0615. The third-order valence-corrected chi connectivity index (χ3v) is 4.24. The minimum absolute atomic E-state index is 0.0134. The van der Waals surface area contributed by atoms with E-state index in [-0.39, 0.29) is 37.6 Å². The second kappa shape index (κ2) is 8.95. The summed E-state index contributed by atoms with van der Waals surface area (Å²) in [5, 5.41) is 2.59. The molecule has 1 N–H and O–H groups in total. The molecular weight excluding hydrogens is 364 g/mol. The lowest BCUT2D eigenvalue weighted by Gasteiger charge is -2.26. The molecule has 1 aromatic rings. The zero-order chi connectivity index (χ0) is 20.9. The summed E-state index contributed by atoms with van der Waals surface area (Å²) in [5.74, 6) is 0.799. The number of carbonyl (C=O) groups excluding carboxylic acids is 3. The van der Waals surface area contributed by atoms with Crippen LogP contribution in [0, 0.1) is 0 Å². The highest BCUT2D eigenvalue weighted by molar-refractivity contribution is 5.92. The normalized spacial score (nSPS) is 17.8. The van der Waals surface area contributed by atoms with Crippen molar-refractivity contribution < 1.29 is 28.6 Å². The first-order valence-corrected chi connectivity index (χ1v) is 9.14. The summed E-state index contributed by atoms with van der Waals surface area (Å²) in [6.07, 6.45) is -0.225. The first-order chi connectivity index (χ1) is 13.1. The van der Waals surface area contributed by atoms with Gasteiger partial charge in [-0.15, -0.1) is 0 Å². The minimum atomic E-state index is -0.814. The Morgan fingerprint density at radius 3 is 2.54 bits per heavy atom. The quantitative estimate of drug-likeness (QED) is 0.826. The van der Waals surface area contributed by atoms with Crippen molar-refractivity contribution in [2.45, 2.75) is 51.8 Å². The van der Waals surface area contributed by atoms with Crippen LogP contribution in [0.2, 0.25) is 0 Å². The van der Waals surface area contributed by atoms with Gasteiger partial charge in [-0.3, -0.25) is 9.59 Å². The van der Waals surface area contributed by atoms with Crippen molar-refractivity contribution >= 4 is 17.8 Å². The monoisotopic (exact) mass is 392 g/mol. The Bertz CT molecular complexity index is 741. The van der Waals surface area contributed by atoms with Crippen LogP contribution in [0.5, 0.6) is 11.5 Å². The number of ketones is 1. The van der Waals surface area contributed by atoms with Crippen molar-refractivity contribution in [3.8, 4) is 11.5 Å². The van der Waals surface area contributed by atoms with Crippen LogP contribution in [0.3, 0.4) is 0 Å². The maximum atomic E-state index is 13.0. The Balaban J connectivity index is 2.17. The number of amides is 2. The van der Waals surface area contributed by atoms with Gasteiger partial charge in [0.05, 0.1) is 20.8 Å². The SMILES string of the molecule is COc1ccc(CN2CC(=O)CCC(NC(=O)OC(C)(C)C)C2=O)c(OC)c1. The minimum Gasteiger partial charge on any atom is -0.497 e. The molecule has 0 bridgehead atoms. The molecule has 0 aliphatic carbocycles. The number of benzene rings is 1. The number of methoxy groups -OCH3 is 2. The fraction of sp³-hybridized carbons (Fsp3) is 0.550. The predicted octanol–water partition coefficient (Wildman–Crippen LogP) is 2.29. The standard InChI is InChI=1S/C20H28N2O6/c1-20(2,3)28-19(25)21-16-9-7-14(23)12-22(18(16)24)11-13-6-8-15(26-4)10-17(13)27-5/h6,8,10,16H,7,9,11-12H2,1-5H3,(H,21,25). The van der Waals surface area contributed by atoms with Gasteiger partial charge < -0.3 is 24.4 Å². The van der Waals surface area contributed by atoms with E-state index in [1.165, 1.54) is 12.0 Å². The molecule has 1 heterocycles. The summed E-state index contributed by atoms with van der Waals surface area (Å²) in [7, 11) is 3.08. The average Bonchev–Trinajstić information content (AvgIpc) is 2.74. The maximum absolute atomic E-state index is 13.0. The third-order valence-electron chi connectivity index (χ3n) is 4.24. The van der Waals surface area contributed by atoms with Crippen LogP contribution >= 0.6 is 0 Å². The van der Waals surface area contributed by atoms with Crippen molar-refractivity contribution in [3.63, 3.8) is 0 Å². The Labute approximate surface area is 165 Å². The molecule has 0 radical (unpaired) electrons. The Kier molecular flexibility index (Phi) is 6.88. The highest BCUT2D eigenvalue weighted by Gasteiger charge is 2.32. The molecule has 0 saturated carbocycles. The van der Waals surface area contributed by atoms with Crippen molar-refractivity contribution in [2.24, 2.45) is 0 Å². The van der Waals surface area contributed by atoms with Crippen LogP contribution in [-0.4, -0.2) is 55.1 Å². The molecule has 1 aliphatic heterocycles. The van der Waals surface area contributed by atoms with E-state index < -0.39 is 17.7 Å². The molecule has 2 amide bonds. The number of hydrogen-bond donors (Lipinski definition) is 1. The van der Waals surface area contributed by atoms with E-state index in [0.717, 1.165) is 5.56 Å². The number of ether oxygens (including phenoxy) is 3. The number of rotatable bonds is 5. The van der Waals surface area contributed by atoms with Gasteiger partial charge in [-0.05, 0) is 39.3 Å². The molecule has 1 aromatic carbocycles. The highest BCUT2D eigenvalue weighted by atomic mass is 16.6. The summed E-state index contributed by atoms with van der Waals surface area (Å²) < 4.78 is 15.8. The summed E-state index contributed by atoms with van der Waals surface area (Å²) >= 11 is 0. The number of hydrogen-bond acceptors (Lipinski definition) is 6. The second-order valence-electron chi connectivity index (χ2n) is 7.65. The Morgan fingerprint density at radius 2 is 1.93 bits per heavy atom. The smallest absolute Gasteiger partial charge is 0.408 e. The summed E-state index contributed by atoms with van der Waals surface area (Å²) in [6, 6.07) is 4.45. The van der Waals surface area contributed by atoms with Gasteiger partial charge in [0.2, 0.25) is 5.91 Å². The molecule has 154 valence electrons. The number of nitrogens with zero attached hydrogens (tertiary/aromatic N) is 1. The van der Waals surface area contributed by atoms with Gasteiger partial charge in [0, 0.05) is 24.6 Å². The lowest BCUT2D eigenvalue weighted by Crippen LogP contribution is -2.48. The van der Waals surface area contributed by atoms with Crippen molar-refractivity contribution in [1.29, 1.82) is 0 Å². The second-order valence-corrected chi connectivity index (χ2v) is 7.65. The number of Topliss-reactive ketones (excluding diaryl/α,β-unsaturated/α-hetero) is 1. The average molecular weight is 392 g/mol. The molecule has 2 rings (SSSR count). The van der Waals surface area contributed by atoms with E-state index in [0.29, 0.717) is 11.5 Å². The topological polar surface area (TPSA) is 94.2 Å². The molecule has 1 saturated heterocycles. The Hall–Kier alpha value is -2.77.